The molecule has 7 heteroatoms. The van der Waals surface area contributed by atoms with E-state index in [2.05, 4.69) is 5.32 Å². The van der Waals surface area contributed by atoms with Gasteiger partial charge in [-0.3, -0.25) is 0 Å². The highest BCUT2D eigenvalue weighted by Crippen LogP contribution is 2.39. The lowest BCUT2D eigenvalue weighted by atomic mass is 10.1. The molecule has 0 saturated carbocycles. The first-order valence-electron chi connectivity index (χ1n) is 6.01. The second kappa shape index (κ2) is 4.66. The summed E-state index contributed by atoms with van der Waals surface area (Å²) in [5, 5.41) is 3.19. The van der Waals surface area contributed by atoms with Gasteiger partial charge in [0.2, 0.25) is 6.79 Å². The second-order valence-electron chi connectivity index (χ2n) is 4.58. The molecule has 0 amide bonds. The number of morpholine rings is 1. The molecule has 0 bridgehead atoms. The van der Waals surface area contributed by atoms with Gasteiger partial charge in [-0.15, -0.1) is 0 Å². The maximum atomic E-state index is 11.9. The highest BCUT2D eigenvalue weighted by molar-refractivity contribution is 7.90. The summed E-state index contributed by atoms with van der Waals surface area (Å²) in [6.07, 6.45) is 0.901. The topological polar surface area (TPSA) is 73.9 Å². The molecule has 2 aliphatic rings. The van der Waals surface area contributed by atoms with Crippen molar-refractivity contribution in [2.24, 2.45) is 0 Å². The first-order valence-corrected chi connectivity index (χ1v) is 7.91. The molecule has 1 aromatic rings. The molecule has 1 aromatic carbocycles. The van der Waals surface area contributed by atoms with E-state index < -0.39 is 9.84 Å². The van der Waals surface area contributed by atoms with Gasteiger partial charge in [-0.05, 0) is 6.07 Å². The molecule has 6 nitrogen and oxygen atoms in total. The number of sulfone groups is 1. The predicted octanol–water partition coefficient (Wildman–Crippen LogP) is 0.480. The lowest BCUT2D eigenvalue weighted by Gasteiger charge is -2.25. The Morgan fingerprint density at radius 1 is 1.26 bits per heavy atom. The van der Waals surface area contributed by atoms with Gasteiger partial charge in [0.1, 0.15) is 0 Å². The molecule has 0 aliphatic carbocycles. The molecule has 2 aliphatic heterocycles. The van der Waals surface area contributed by atoms with Crippen molar-refractivity contribution in [2.45, 2.75) is 11.0 Å². The van der Waals surface area contributed by atoms with Crippen molar-refractivity contribution in [1.29, 1.82) is 0 Å². The van der Waals surface area contributed by atoms with Crippen LogP contribution in [0.2, 0.25) is 0 Å². The molecule has 1 saturated heterocycles. The van der Waals surface area contributed by atoms with Gasteiger partial charge in [-0.25, -0.2) is 8.42 Å². The number of ether oxygens (including phenoxy) is 3. The number of nitrogens with one attached hydrogen (secondary N) is 1. The fraction of sp³-hybridized carbons (Fsp3) is 0.500. The van der Waals surface area contributed by atoms with Crippen molar-refractivity contribution in [3.8, 4) is 11.5 Å². The first-order chi connectivity index (χ1) is 9.05. The van der Waals surface area contributed by atoms with Gasteiger partial charge >= 0.3 is 0 Å². The van der Waals surface area contributed by atoms with E-state index in [0.29, 0.717) is 30.2 Å². The van der Waals surface area contributed by atoms with Gasteiger partial charge < -0.3 is 19.5 Å². The molecule has 2 heterocycles. The summed E-state index contributed by atoms with van der Waals surface area (Å²) in [7, 11) is -3.35. The molecular formula is C12H15NO5S. The third-order valence-electron chi connectivity index (χ3n) is 3.18. The zero-order chi connectivity index (χ0) is 13.5. The van der Waals surface area contributed by atoms with E-state index >= 15 is 0 Å². The quantitative estimate of drug-likeness (QED) is 0.852. The largest absolute Gasteiger partial charge is 0.454 e. The number of hydrogen-bond donors (Lipinski definition) is 1. The molecule has 104 valence electrons. The predicted molar refractivity (Wildman–Crippen MR) is 67.2 cm³/mol. The van der Waals surface area contributed by atoms with Gasteiger partial charge in [0, 0.05) is 31.0 Å². The van der Waals surface area contributed by atoms with Crippen LogP contribution in [0.4, 0.5) is 0 Å². The number of fused-ring (bicyclic) bond motifs is 1. The minimum absolute atomic E-state index is 0.117. The van der Waals surface area contributed by atoms with Crippen LogP contribution < -0.4 is 14.8 Å². The Morgan fingerprint density at radius 2 is 2.00 bits per heavy atom. The molecule has 1 fully saturated rings. The molecule has 1 N–H and O–H groups in total. The zero-order valence-corrected chi connectivity index (χ0v) is 11.3. The normalized spacial score (nSPS) is 22.5. The second-order valence-corrected chi connectivity index (χ2v) is 6.56. The van der Waals surface area contributed by atoms with Crippen molar-refractivity contribution in [3.63, 3.8) is 0 Å². The molecule has 0 radical (unpaired) electrons. The fourth-order valence-corrected chi connectivity index (χ4v) is 3.22. The fourth-order valence-electron chi connectivity index (χ4n) is 2.28. The SMILES string of the molecule is CS(=O)(=O)c1cc2c(cc1C1CNCCO1)OCO2. The van der Waals surface area contributed by atoms with Crippen LogP contribution in [0.25, 0.3) is 0 Å². The van der Waals surface area contributed by atoms with E-state index in [4.69, 9.17) is 14.2 Å². The Labute approximate surface area is 111 Å². The van der Waals surface area contributed by atoms with Crippen LogP contribution in [-0.2, 0) is 14.6 Å². The third kappa shape index (κ3) is 2.41. The summed E-state index contributed by atoms with van der Waals surface area (Å²) in [5.41, 5.74) is 0.624. The molecule has 3 rings (SSSR count). The lowest BCUT2D eigenvalue weighted by Crippen LogP contribution is -2.34. The molecule has 1 atom stereocenters. The van der Waals surface area contributed by atoms with Crippen LogP contribution in [0.3, 0.4) is 0 Å². The Morgan fingerprint density at radius 3 is 2.63 bits per heavy atom. The summed E-state index contributed by atoms with van der Waals surface area (Å²) in [5.74, 6) is 1.03. The number of rotatable bonds is 2. The summed E-state index contributed by atoms with van der Waals surface area (Å²) in [4.78, 5) is 0.241. The van der Waals surface area contributed by atoms with Gasteiger partial charge in [-0.2, -0.15) is 0 Å². The van der Waals surface area contributed by atoms with Crippen molar-refractivity contribution >= 4 is 9.84 Å². The van der Waals surface area contributed by atoms with E-state index in [1.807, 2.05) is 0 Å². The van der Waals surface area contributed by atoms with Crippen LogP contribution >= 0.6 is 0 Å². The Kier molecular flexibility index (Phi) is 3.12. The average molecular weight is 285 g/mol. The summed E-state index contributed by atoms with van der Waals surface area (Å²) in [6, 6.07) is 3.22. The monoisotopic (exact) mass is 285 g/mol. The molecular weight excluding hydrogens is 270 g/mol. The Hall–Kier alpha value is -1.31. The first kappa shape index (κ1) is 12.7. The van der Waals surface area contributed by atoms with Crippen LogP contribution in [0.15, 0.2) is 17.0 Å². The van der Waals surface area contributed by atoms with Gasteiger partial charge in [-0.1, -0.05) is 0 Å². The van der Waals surface area contributed by atoms with E-state index in [-0.39, 0.29) is 17.8 Å². The number of hydrogen-bond acceptors (Lipinski definition) is 6. The van der Waals surface area contributed by atoms with Gasteiger partial charge in [0.15, 0.2) is 21.3 Å². The maximum absolute atomic E-state index is 11.9. The lowest BCUT2D eigenvalue weighted by molar-refractivity contribution is 0.0259. The molecule has 19 heavy (non-hydrogen) atoms. The number of benzene rings is 1. The minimum Gasteiger partial charge on any atom is -0.454 e. The summed E-state index contributed by atoms with van der Waals surface area (Å²) < 4.78 is 40.0. The zero-order valence-electron chi connectivity index (χ0n) is 10.5. The van der Waals surface area contributed by atoms with Crippen LogP contribution in [-0.4, -0.2) is 41.2 Å². The van der Waals surface area contributed by atoms with E-state index in [1.54, 1.807) is 6.07 Å². The van der Waals surface area contributed by atoms with E-state index in [0.717, 1.165) is 6.54 Å². The van der Waals surface area contributed by atoms with Crippen molar-refractivity contribution < 1.29 is 22.6 Å². The van der Waals surface area contributed by atoms with Gasteiger partial charge in [0.05, 0.1) is 17.6 Å². The third-order valence-corrected chi connectivity index (χ3v) is 4.33. The highest BCUT2D eigenvalue weighted by atomic mass is 32.2. The molecule has 0 aromatic heterocycles. The standard InChI is InChI=1S/C12H15NO5S/c1-19(14,15)12-5-10-9(17-7-18-10)4-8(12)11-6-13-2-3-16-11/h4-5,11,13H,2-3,6-7H2,1H3. The van der Waals surface area contributed by atoms with Crippen LogP contribution in [0.1, 0.15) is 11.7 Å². The Balaban J connectivity index is 2.10. The van der Waals surface area contributed by atoms with E-state index in [9.17, 15) is 8.42 Å². The van der Waals surface area contributed by atoms with Crippen molar-refractivity contribution in [3.05, 3.63) is 17.7 Å². The smallest absolute Gasteiger partial charge is 0.231 e. The summed E-state index contributed by atoms with van der Waals surface area (Å²) >= 11 is 0. The van der Waals surface area contributed by atoms with Crippen molar-refractivity contribution in [2.75, 3.05) is 32.7 Å². The van der Waals surface area contributed by atoms with Crippen LogP contribution in [0, 0.1) is 0 Å². The van der Waals surface area contributed by atoms with Gasteiger partial charge in [0.25, 0.3) is 0 Å². The summed E-state index contributed by atoms with van der Waals surface area (Å²) in [6.45, 7) is 2.03. The van der Waals surface area contributed by atoms with Crippen molar-refractivity contribution in [1.82, 2.24) is 5.32 Å². The molecule has 0 spiro atoms. The average Bonchev–Trinajstić information content (AvgIpc) is 2.84. The van der Waals surface area contributed by atoms with Crippen LogP contribution in [0.5, 0.6) is 11.5 Å². The minimum atomic E-state index is -3.35. The highest BCUT2D eigenvalue weighted by Gasteiger charge is 2.27. The molecule has 1 unspecified atom stereocenters. The Bertz CT molecular complexity index is 592. The maximum Gasteiger partial charge on any atom is 0.231 e. The van der Waals surface area contributed by atoms with E-state index in [1.165, 1.54) is 12.3 Å².